The van der Waals surface area contributed by atoms with Gasteiger partial charge >= 0.3 is 0 Å². The minimum absolute atomic E-state index is 0.296. The minimum Gasteiger partial charge on any atom is -0.382 e. The van der Waals surface area contributed by atoms with Crippen molar-refractivity contribution in [2.75, 3.05) is 5.73 Å². The molecule has 0 spiro atoms. The number of para-hydroxylation sites is 1. The number of halogens is 1. The maximum atomic E-state index is 13.0. The van der Waals surface area contributed by atoms with Crippen molar-refractivity contribution in [2.24, 2.45) is 0 Å². The Bertz CT molecular complexity index is 830. The highest BCUT2D eigenvalue weighted by atomic mass is 19.1. The molecule has 0 aliphatic rings. The molecule has 3 aromatic rings. The molecule has 5 nitrogen and oxygen atoms in total. The summed E-state index contributed by atoms with van der Waals surface area (Å²) in [7, 11) is 0. The van der Waals surface area contributed by atoms with Crippen molar-refractivity contribution >= 4 is 5.82 Å². The van der Waals surface area contributed by atoms with E-state index in [1.54, 1.807) is 36.4 Å². The third-order valence-electron chi connectivity index (χ3n) is 3.08. The smallest absolute Gasteiger partial charge is 0.155 e. The molecule has 0 radical (unpaired) electrons. The van der Waals surface area contributed by atoms with Gasteiger partial charge in [-0.1, -0.05) is 17.3 Å². The second kappa shape index (κ2) is 5.06. The summed E-state index contributed by atoms with van der Waals surface area (Å²) in [6.45, 7) is 0. The van der Waals surface area contributed by atoms with Crippen LogP contribution in [0.4, 0.5) is 10.2 Å². The van der Waals surface area contributed by atoms with Gasteiger partial charge in [0, 0.05) is 5.56 Å². The zero-order valence-electron chi connectivity index (χ0n) is 10.9. The molecule has 0 fully saturated rings. The van der Waals surface area contributed by atoms with Crippen molar-refractivity contribution in [1.29, 1.82) is 5.26 Å². The molecule has 1 heterocycles. The Balaban J connectivity index is 2.12. The molecule has 0 aliphatic heterocycles. The van der Waals surface area contributed by atoms with Crippen LogP contribution in [0.2, 0.25) is 0 Å². The van der Waals surface area contributed by atoms with Crippen molar-refractivity contribution < 1.29 is 4.39 Å². The Kier molecular flexibility index (Phi) is 3.09. The second-order valence-electron chi connectivity index (χ2n) is 4.37. The number of hydrogen-bond donors (Lipinski definition) is 1. The fourth-order valence-electron chi connectivity index (χ4n) is 2.03. The zero-order chi connectivity index (χ0) is 14.8. The summed E-state index contributed by atoms with van der Waals surface area (Å²) in [5.41, 5.74) is 8.17. The third kappa shape index (κ3) is 2.21. The molecule has 0 saturated carbocycles. The van der Waals surface area contributed by atoms with Gasteiger partial charge in [0.25, 0.3) is 0 Å². The average Bonchev–Trinajstić information content (AvgIpc) is 2.89. The van der Waals surface area contributed by atoms with Crippen LogP contribution in [0.15, 0.2) is 48.5 Å². The fraction of sp³-hybridized carbons (Fsp3) is 0. The number of benzene rings is 2. The van der Waals surface area contributed by atoms with Gasteiger partial charge in [-0.25, -0.2) is 4.39 Å². The van der Waals surface area contributed by atoms with Gasteiger partial charge in [-0.2, -0.15) is 9.94 Å². The summed E-state index contributed by atoms with van der Waals surface area (Å²) < 4.78 is 14.4. The topological polar surface area (TPSA) is 80.5 Å². The van der Waals surface area contributed by atoms with Gasteiger partial charge in [0.2, 0.25) is 0 Å². The average molecular weight is 279 g/mol. The van der Waals surface area contributed by atoms with Gasteiger partial charge in [0.15, 0.2) is 5.82 Å². The van der Waals surface area contributed by atoms with E-state index < -0.39 is 0 Å². The molecule has 0 saturated heterocycles. The van der Waals surface area contributed by atoms with Gasteiger partial charge in [-0.05, 0) is 36.4 Å². The third-order valence-corrected chi connectivity index (χ3v) is 3.08. The van der Waals surface area contributed by atoms with Crippen molar-refractivity contribution in [1.82, 2.24) is 15.0 Å². The van der Waals surface area contributed by atoms with E-state index in [4.69, 9.17) is 11.0 Å². The van der Waals surface area contributed by atoms with Crippen molar-refractivity contribution in [3.8, 4) is 23.0 Å². The van der Waals surface area contributed by atoms with Crippen LogP contribution in [0, 0.1) is 17.1 Å². The van der Waals surface area contributed by atoms with Crippen LogP contribution < -0.4 is 5.73 Å². The molecule has 0 unspecified atom stereocenters. The van der Waals surface area contributed by atoms with Gasteiger partial charge in [0.05, 0.1) is 11.3 Å². The molecule has 6 heteroatoms. The summed E-state index contributed by atoms with van der Waals surface area (Å²) in [6, 6.07) is 14.9. The van der Waals surface area contributed by atoms with Crippen LogP contribution in [0.25, 0.3) is 16.9 Å². The second-order valence-corrected chi connectivity index (χ2v) is 4.37. The Morgan fingerprint density at radius 3 is 2.52 bits per heavy atom. The number of aromatic nitrogens is 3. The standard InChI is InChI=1S/C15H10FN5/c16-12-7-5-10(6-8-12)14-15(18)21(20-19-14)13-4-2-1-3-11(13)9-17/h1-8H,18H2. The Morgan fingerprint density at radius 2 is 1.81 bits per heavy atom. The maximum Gasteiger partial charge on any atom is 0.155 e. The molecular formula is C15H10FN5. The molecule has 0 atom stereocenters. The SMILES string of the molecule is N#Cc1ccccc1-n1nnc(-c2ccc(F)cc2)c1N. The molecule has 102 valence electrons. The molecule has 3 rings (SSSR count). The first-order valence-electron chi connectivity index (χ1n) is 6.17. The first-order valence-corrected chi connectivity index (χ1v) is 6.17. The van der Waals surface area contributed by atoms with E-state index in [0.29, 0.717) is 28.3 Å². The summed E-state index contributed by atoms with van der Waals surface area (Å²) in [6.07, 6.45) is 0. The van der Waals surface area contributed by atoms with Crippen LogP contribution in [-0.4, -0.2) is 15.0 Å². The van der Waals surface area contributed by atoms with E-state index in [1.807, 2.05) is 0 Å². The molecule has 1 aromatic heterocycles. The number of hydrogen-bond acceptors (Lipinski definition) is 4. The van der Waals surface area contributed by atoms with Gasteiger partial charge in [0.1, 0.15) is 17.6 Å². The highest BCUT2D eigenvalue weighted by Gasteiger charge is 2.15. The van der Waals surface area contributed by atoms with Crippen LogP contribution >= 0.6 is 0 Å². The summed E-state index contributed by atoms with van der Waals surface area (Å²) in [5, 5.41) is 17.1. The number of rotatable bonds is 2. The molecule has 2 N–H and O–H groups in total. The maximum absolute atomic E-state index is 13.0. The van der Waals surface area contributed by atoms with Crippen molar-refractivity contribution in [3.63, 3.8) is 0 Å². The summed E-state index contributed by atoms with van der Waals surface area (Å²) >= 11 is 0. The van der Waals surface area contributed by atoms with E-state index in [1.165, 1.54) is 16.8 Å². The molecule has 0 amide bonds. The fourth-order valence-corrected chi connectivity index (χ4v) is 2.03. The largest absolute Gasteiger partial charge is 0.382 e. The molecular weight excluding hydrogens is 269 g/mol. The highest BCUT2D eigenvalue weighted by molar-refractivity contribution is 5.71. The molecule has 0 aliphatic carbocycles. The normalized spacial score (nSPS) is 10.3. The zero-order valence-corrected chi connectivity index (χ0v) is 10.9. The number of nitrogens with zero attached hydrogens (tertiary/aromatic N) is 4. The molecule has 21 heavy (non-hydrogen) atoms. The monoisotopic (exact) mass is 279 g/mol. The number of nitrogens with two attached hydrogens (primary N) is 1. The predicted octanol–water partition coefficient (Wildman–Crippen LogP) is 2.53. The lowest BCUT2D eigenvalue weighted by atomic mass is 10.1. The van der Waals surface area contributed by atoms with Crippen LogP contribution in [0.3, 0.4) is 0 Å². The lowest BCUT2D eigenvalue weighted by Crippen LogP contribution is -2.04. The van der Waals surface area contributed by atoms with E-state index >= 15 is 0 Å². The van der Waals surface area contributed by atoms with E-state index in [9.17, 15) is 4.39 Å². The molecule has 0 bridgehead atoms. The number of anilines is 1. The lowest BCUT2D eigenvalue weighted by Gasteiger charge is -2.05. The lowest BCUT2D eigenvalue weighted by molar-refractivity contribution is 0.628. The highest BCUT2D eigenvalue weighted by Crippen LogP contribution is 2.26. The van der Waals surface area contributed by atoms with E-state index in [2.05, 4.69) is 16.4 Å². The van der Waals surface area contributed by atoms with Crippen LogP contribution in [0.5, 0.6) is 0 Å². The van der Waals surface area contributed by atoms with Gasteiger partial charge in [-0.15, -0.1) is 5.10 Å². The first kappa shape index (κ1) is 12.8. The quantitative estimate of drug-likeness (QED) is 0.781. The minimum atomic E-state index is -0.334. The van der Waals surface area contributed by atoms with Crippen molar-refractivity contribution in [2.45, 2.75) is 0 Å². The predicted molar refractivity (Wildman–Crippen MR) is 75.9 cm³/mol. The number of nitriles is 1. The van der Waals surface area contributed by atoms with Gasteiger partial charge in [-0.3, -0.25) is 0 Å². The van der Waals surface area contributed by atoms with E-state index in [0.717, 1.165) is 0 Å². The molecule has 2 aromatic carbocycles. The van der Waals surface area contributed by atoms with Crippen molar-refractivity contribution in [3.05, 3.63) is 59.9 Å². The number of nitrogen functional groups attached to an aromatic ring is 1. The first-order chi connectivity index (χ1) is 10.2. The van der Waals surface area contributed by atoms with Crippen LogP contribution in [-0.2, 0) is 0 Å². The Morgan fingerprint density at radius 1 is 1.10 bits per heavy atom. The Labute approximate surface area is 120 Å². The summed E-state index contributed by atoms with van der Waals surface area (Å²) in [5.74, 6) is -0.0381. The summed E-state index contributed by atoms with van der Waals surface area (Å²) in [4.78, 5) is 0. The van der Waals surface area contributed by atoms with E-state index in [-0.39, 0.29) is 5.82 Å². The Hall–Kier alpha value is -3.20. The van der Waals surface area contributed by atoms with Gasteiger partial charge < -0.3 is 5.73 Å². The van der Waals surface area contributed by atoms with Crippen LogP contribution in [0.1, 0.15) is 5.56 Å².